The zero-order valence-electron chi connectivity index (χ0n) is 19.6. The summed E-state index contributed by atoms with van der Waals surface area (Å²) < 4.78 is 13.3. The molecule has 5 rings (SSSR count). The largest absolute Gasteiger partial charge is 0.495 e. The fraction of sp³-hybridized carbons (Fsp3) is 0.179. The number of nitrogens with one attached hydrogen (secondary N) is 1. The SMILES string of the molecule is CCOc1ccc([C@@H]2c3cccn3-c3ccccc3CN2C(=O)Nc2cc(Cl)ccc2OC)cc1. The van der Waals surface area contributed by atoms with Crippen LogP contribution in [-0.2, 0) is 6.54 Å². The van der Waals surface area contributed by atoms with Gasteiger partial charge >= 0.3 is 6.03 Å². The molecule has 7 heteroatoms. The Morgan fingerprint density at radius 2 is 1.86 bits per heavy atom. The van der Waals surface area contributed by atoms with Gasteiger partial charge in [-0.05, 0) is 66.6 Å². The second-order valence-electron chi connectivity index (χ2n) is 8.24. The maximum Gasteiger partial charge on any atom is 0.323 e. The number of para-hydroxylation sites is 1. The van der Waals surface area contributed by atoms with Crippen LogP contribution in [0.15, 0.2) is 85.1 Å². The van der Waals surface area contributed by atoms with Gasteiger partial charge in [0.15, 0.2) is 0 Å². The lowest BCUT2D eigenvalue weighted by Crippen LogP contribution is -2.38. The highest BCUT2D eigenvalue weighted by Gasteiger charge is 2.33. The zero-order chi connectivity index (χ0) is 24.4. The van der Waals surface area contributed by atoms with Crippen LogP contribution in [-0.4, -0.2) is 29.2 Å². The Balaban J connectivity index is 1.60. The van der Waals surface area contributed by atoms with Crippen LogP contribution in [0.5, 0.6) is 11.5 Å². The molecule has 0 saturated carbocycles. The number of carbonyl (C=O) groups is 1. The molecule has 1 aliphatic rings. The molecule has 0 radical (unpaired) electrons. The lowest BCUT2D eigenvalue weighted by molar-refractivity contribution is 0.194. The van der Waals surface area contributed by atoms with Crippen molar-refractivity contribution in [1.82, 2.24) is 9.47 Å². The van der Waals surface area contributed by atoms with Crippen LogP contribution < -0.4 is 14.8 Å². The van der Waals surface area contributed by atoms with Crippen molar-refractivity contribution in [2.45, 2.75) is 19.5 Å². The summed E-state index contributed by atoms with van der Waals surface area (Å²) in [5, 5.41) is 3.54. The highest BCUT2D eigenvalue weighted by Crippen LogP contribution is 2.38. The first-order chi connectivity index (χ1) is 17.1. The molecule has 6 nitrogen and oxygen atoms in total. The van der Waals surface area contributed by atoms with Crippen LogP contribution in [0.25, 0.3) is 5.69 Å². The number of hydrogen-bond acceptors (Lipinski definition) is 3. The molecule has 1 atom stereocenters. The van der Waals surface area contributed by atoms with Gasteiger partial charge in [-0.25, -0.2) is 4.79 Å². The van der Waals surface area contributed by atoms with E-state index in [2.05, 4.69) is 28.1 Å². The quantitative estimate of drug-likeness (QED) is 0.342. The summed E-state index contributed by atoms with van der Waals surface area (Å²) in [6, 6.07) is 24.7. The highest BCUT2D eigenvalue weighted by molar-refractivity contribution is 6.31. The van der Waals surface area contributed by atoms with Crippen LogP contribution in [0, 0.1) is 0 Å². The monoisotopic (exact) mass is 487 g/mol. The van der Waals surface area contributed by atoms with Gasteiger partial charge in [-0.3, -0.25) is 0 Å². The number of hydrogen-bond donors (Lipinski definition) is 1. The number of carbonyl (C=O) groups excluding carboxylic acids is 1. The average molecular weight is 488 g/mol. The third-order valence-corrected chi connectivity index (χ3v) is 6.37. The normalized spacial score (nSPS) is 14.5. The standard InChI is InChI=1S/C28H26ClN3O3/c1-3-35-22-13-10-19(11-14-22)27-25-9-6-16-31(25)24-8-5-4-7-20(24)18-32(27)28(33)30-23-17-21(29)12-15-26(23)34-2/h4-17,27H,3,18H2,1-2H3,(H,30,33)/t27-/m1/s1. The Labute approximate surface area is 209 Å². The van der Waals surface area contributed by atoms with Crippen molar-refractivity contribution in [3.05, 3.63) is 107 Å². The molecular formula is C28H26ClN3O3. The van der Waals surface area contributed by atoms with Crippen LogP contribution >= 0.6 is 11.6 Å². The fourth-order valence-electron chi connectivity index (χ4n) is 4.57. The number of anilines is 1. The Morgan fingerprint density at radius 3 is 2.63 bits per heavy atom. The number of aromatic nitrogens is 1. The summed E-state index contributed by atoms with van der Waals surface area (Å²) in [6.07, 6.45) is 2.04. The predicted molar refractivity (Wildman–Crippen MR) is 138 cm³/mol. The van der Waals surface area contributed by atoms with Gasteiger partial charge in [0.2, 0.25) is 0 Å². The van der Waals surface area contributed by atoms with Gasteiger partial charge in [-0.15, -0.1) is 0 Å². The van der Waals surface area contributed by atoms with Crippen LogP contribution in [0.2, 0.25) is 5.02 Å². The maximum absolute atomic E-state index is 13.9. The average Bonchev–Trinajstić information content (AvgIpc) is 3.29. The molecule has 4 aromatic rings. The molecule has 1 N–H and O–H groups in total. The number of benzene rings is 3. The van der Waals surface area contributed by atoms with E-state index in [1.807, 2.05) is 60.5 Å². The molecule has 35 heavy (non-hydrogen) atoms. The number of ether oxygens (including phenoxy) is 2. The van der Waals surface area contributed by atoms with Crippen molar-refractivity contribution in [1.29, 1.82) is 0 Å². The first kappa shape index (κ1) is 22.9. The maximum atomic E-state index is 13.9. The van der Waals surface area contributed by atoms with E-state index >= 15 is 0 Å². The molecule has 2 amide bonds. The molecule has 1 aliphatic heterocycles. The van der Waals surface area contributed by atoms with E-state index in [1.54, 1.807) is 25.3 Å². The van der Waals surface area contributed by atoms with Gasteiger partial charge < -0.3 is 24.3 Å². The number of nitrogens with zero attached hydrogens (tertiary/aromatic N) is 2. The van der Waals surface area contributed by atoms with Crippen molar-refractivity contribution in [3.63, 3.8) is 0 Å². The van der Waals surface area contributed by atoms with Gasteiger partial charge in [0.05, 0.1) is 37.7 Å². The highest BCUT2D eigenvalue weighted by atomic mass is 35.5. The van der Waals surface area contributed by atoms with Crippen molar-refractivity contribution >= 4 is 23.3 Å². The zero-order valence-corrected chi connectivity index (χ0v) is 20.3. The number of urea groups is 1. The number of fused-ring (bicyclic) bond motifs is 3. The summed E-state index contributed by atoms with van der Waals surface area (Å²) in [5.41, 5.74) is 4.59. The molecule has 178 valence electrons. The molecule has 0 bridgehead atoms. The third kappa shape index (κ3) is 4.45. The topological polar surface area (TPSA) is 55.7 Å². The summed E-state index contributed by atoms with van der Waals surface area (Å²) >= 11 is 6.22. The molecule has 0 spiro atoms. The van der Waals surface area contributed by atoms with Gasteiger partial charge in [-0.1, -0.05) is 41.9 Å². The number of methoxy groups -OCH3 is 1. The third-order valence-electron chi connectivity index (χ3n) is 6.13. The van der Waals surface area contributed by atoms with E-state index in [4.69, 9.17) is 21.1 Å². The van der Waals surface area contributed by atoms with E-state index in [1.165, 1.54) is 0 Å². The molecule has 0 aliphatic carbocycles. The molecule has 1 aromatic heterocycles. The fourth-order valence-corrected chi connectivity index (χ4v) is 4.74. The molecule has 0 unspecified atom stereocenters. The van der Waals surface area contributed by atoms with Crippen LogP contribution in [0.1, 0.15) is 29.8 Å². The van der Waals surface area contributed by atoms with E-state index in [0.29, 0.717) is 29.6 Å². The number of rotatable bonds is 5. The molecule has 0 fully saturated rings. The van der Waals surface area contributed by atoms with Gasteiger partial charge in [-0.2, -0.15) is 0 Å². The Hall–Kier alpha value is -3.90. The Morgan fingerprint density at radius 1 is 1.06 bits per heavy atom. The van der Waals surface area contributed by atoms with Crippen LogP contribution in [0.3, 0.4) is 0 Å². The molecule has 2 heterocycles. The summed E-state index contributed by atoms with van der Waals surface area (Å²) in [7, 11) is 1.57. The van der Waals surface area contributed by atoms with Crippen LogP contribution in [0.4, 0.5) is 10.5 Å². The number of halogens is 1. The van der Waals surface area contributed by atoms with E-state index in [9.17, 15) is 4.79 Å². The summed E-state index contributed by atoms with van der Waals surface area (Å²) in [5.74, 6) is 1.34. The second kappa shape index (κ2) is 9.76. The van der Waals surface area contributed by atoms with Crippen molar-refractivity contribution in [2.75, 3.05) is 19.0 Å². The van der Waals surface area contributed by atoms with E-state index < -0.39 is 0 Å². The van der Waals surface area contributed by atoms with Crippen molar-refractivity contribution < 1.29 is 14.3 Å². The predicted octanol–water partition coefficient (Wildman–Crippen LogP) is 6.68. The van der Waals surface area contributed by atoms with Gasteiger partial charge in [0, 0.05) is 16.9 Å². The van der Waals surface area contributed by atoms with Crippen molar-refractivity contribution in [2.24, 2.45) is 0 Å². The number of amides is 2. The van der Waals surface area contributed by atoms with E-state index in [-0.39, 0.29) is 12.1 Å². The summed E-state index contributed by atoms with van der Waals surface area (Å²) in [4.78, 5) is 15.7. The van der Waals surface area contributed by atoms with Gasteiger partial charge in [0.25, 0.3) is 0 Å². The lowest BCUT2D eigenvalue weighted by Gasteiger charge is -2.31. The molecular weight excluding hydrogens is 462 g/mol. The Kier molecular flexibility index (Phi) is 6.38. The molecule has 3 aromatic carbocycles. The minimum Gasteiger partial charge on any atom is -0.495 e. The van der Waals surface area contributed by atoms with E-state index in [0.717, 1.165) is 28.3 Å². The second-order valence-corrected chi connectivity index (χ2v) is 8.68. The lowest BCUT2D eigenvalue weighted by atomic mass is 10.0. The van der Waals surface area contributed by atoms with Gasteiger partial charge in [0.1, 0.15) is 11.5 Å². The minimum atomic E-state index is -0.335. The first-order valence-electron chi connectivity index (χ1n) is 11.5. The minimum absolute atomic E-state index is 0.256. The Bertz CT molecular complexity index is 1350. The molecule has 0 saturated heterocycles. The summed E-state index contributed by atoms with van der Waals surface area (Å²) in [6.45, 7) is 2.97. The smallest absolute Gasteiger partial charge is 0.323 e. The first-order valence-corrected chi connectivity index (χ1v) is 11.9. The van der Waals surface area contributed by atoms with Crippen molar-refractivity contribution in [3.8, 4) is 17.2 Å².